The minimum absolute atomic E-state index is 0.127. The van der Waals surface area contributed by atoms with Crippen molar-refractivity contribution in [3.8, 4) is 11.5 Å². The molecule has 0 saturated heterocycles. The standard InChI is InChI=1S/C27H25N3O7/c1-36-21-8-3-18(4-9-21)15-25-26(31)28(17-19-5-10-22(37-2)11-6-19)13-14-29(25)23-12-7-20(27(32)33)16-24(23)30(34)35/h3-14,16,25H,15,17H2,1-2H3,(H,32,33)/t25-/m0/s1. The number of carbonyl (C=O) groups is 2. The molecule has 1 aliphatic rings. The highest BCUT2D eigenvalue weighted by Crippen LogP contribution is 2.34. The summed E-state index contributed by atoms with van der Waals surface area (Å²) in [5.74, 6) is -0.174. The van der Waals surface area contributed by atoms with Crippen LogP contribution in [0.15, 0.2) is 79.1 Å². The van der Waals surface area contributed by atoms with E-state index in [1.165, 1.54) is 17.0 Å². The van der Waals surface area contributed by atoms with Crippen LogP contribution in [0, 0.1) is 10.1 Å². The van der Waals surface area contributed by atoms with E-state index < -0.39 is 22.6 Å². The van der Waals surface area contributed by atoms with Crippen LogP contribution in [0.1, 0.15) is 21.5 Å². The van der Waals surface area contributed by atoms with E-state index in [0.29, 0.717) is 18.0 Å². The third-order valence-electron chi connectivity index (χ3n) is 6.11. The van der Waals surface area contributed by atoms with Crippen LogP contribution in [0.2, 0.25) is 0 Å². The zero-order valence-corrected chi connectivity index (χ0v) is 20.2. The number of nitrogens with zero attached hydrogens (tertiary/aromatic N) is 3. The molecular weight excluding hydrogens is 478 g/mol. The number of nitro groups is 1. The molecule has 1 N–H and O–H groups in total. The second-order valence-electron chi connectivity index (χ2n) is 8.35. The van der Waals surface area contributed by atoms with Gasteiger partial charge in [-0.1, -0.05) is 24.3 Å². The van der Waals surface area contributed by atoms with Crippen molar-refractivity contribution in [3.05, 3.63) is 106 Å². The molecule has 1 amide bonds. The number of aromatic carboxylic acids is 1. The molecule has 0 aliphatic carbocycles. The van der Waals surface area contributed by atoms with Crippen LogP contribution >= 0.6 is 0 Å². The zero-order chi connectivity index (χ0) is 26.5. The number of anilines is 1. The molecule has 4 rings (SSSR count). The molecule has 10 nitrogen and oxygen atoms in total. The third kappa shape index (κ3) is 5.53. The molecule has 0 saturated carbocycles. The van der Waals surface area contributed by atoms with Crippen LogP contribution in [0.4, 0.5) is 11.4 Å². The number of nitro benzene ring substituents is 1. The Hall–Kier alpha value is -4.86. The highest BCUT2D eigenvalue weighted by Gasteiger charge is 2.35. The first-order chi connectivity index (χ1) is 17.8. The minimum atomic E-state index is -1.28. The average molecular weight is 504 g/mol. The maximum Gasteiger partial charge on any atom is 0.335 e. The first kappa shape index (κ1) is 25.2. The van der Waals surface area contributed by atoms with E-state index in [2.05, 4.69) is 0 Å². The number of hydrogen-bond donors (Lipinski definition) is 1. The maximum atomic E-state index is 13.7. The highest BCUT2D eigenvalue weighted by atomic mass is 16.6. The van der Waals surface area contributed by atoms with Gasteiger partial charge in [0.15, 0.2) is 0 Å². The second kappa shape index (κ2) is 10.8. The Morgan fingerprint density at radius 3 is 2.08 bits per heavy atom. The molecule has 1 heterocycles. The Morgan fingerprint density at radius 2 is 1.54 bits per heavy atom. The number of carboxylic acids is 1. The van der Waals surface area contributed by atoms with Gasteiger partial charge in [0.05, 0.1) is 31.3 Å². The van der Waals surface area contributed by atoms with Crippen LogP contribution in [0.5, 0.6) is 11.5 Å². The summed E-state index contributed by atoms with van der Waals surface area (Å²) in [4.78, 5) is 39.4. The van der Waals surface area contributed by atoms with Crippen LogP contribution < -0.4 is 14.4 Å². The van der Waals surface area contributed by atoms with Crippen molar-refractivity contribution in [2.75, 3.05) is 19.1 Å². The van der Waals surface area contributed by atoms with Crippen molar-refractivity contribution >= 4 is 23.3 Å². The molecule has 3 aromatic rings. The van der Waals surface area contributed by atoms with E-state index in [1.54, 1.807) is 43.7 Å². The monoisotopic (exact) mass is 503 g/mol. The van der Waals surface area contributed by atoms with Gasteiger partial charge in [-0.05, 0) is 47.5 Å². The number of carboxylic acid groups (broad SMARTS) is 1. The number of hydrogen-bond acceptors (Lipinski definition) is 7. The lowest BCUT2D eigenvalue weighted by atomic mass is 10.0. The molecule has 190 valence electrons. The summed E-state index contributed by atoms with van der Waals surface area (Å²) in [5.41, 5.74) is 1.22. The normalized spacial score (nSPS) is 15.0. The lowest BCUT2D eigenvalue weighted by Gasteiger charge is -2.37. The van der Waals surface area contributed by atoms with Gasteiger partial charge in [0.25, 0.3) is 5.69 Å². The lowest BCUT2D eigenvalue weighted by Crippen LogP contribution is -2.49. The molecular formula is C27H25N3O7. The van der Waals surface area contributed by atoms with E-state index in [-0.39, 0.29) is 23.6 Å². The van der Waals surface area contributed by atoms with Gasteiger partial charge in [-0.3, -0.25) is 14.9 Å². The molecule has 0 bridgehead atoms. The molecule has 0 spiro atoms. The van der Waals surface area contributed by atoms with Gasteiger partial charge in [0, 0.05) is 24.9 Å². The maximum absolute atomic E-state index is 13.7. The highest BCUT2D eigenvalue weighted by molar-refractivity contribution is 5.92. The average Bonchev–Trinajstić information content (AvgIpc) is 2.91. The van der Waals surface area contributed by atoms with E-state index in [9.17, 15) is 24.8 Å². The fraction of sp³-hybridized carbons (Fsp3) is 0.185. The van der Waals surface area contributed by atoms with Gasteiger partial charge in [-0.15, -0.1) is 0 Å². The molecule has 1 atom stereocenters. The Labute approximate surface area is 213 Å². The summed E-state index contributed by atoms with van der Waals surface area (Å²) < 4.78 is 10.4. The lowest BCUT2D eigenvalue weighted by molar-refractivity contribution is -0.384. The quantitative estimate of drug-likeness (QED) is 0.340. The molecule has 0 fully saturated rings. The Balaban J connectivity index is 1.72. The van der Waals surface area contributed by atoms with Gasteiger partial charge < -0.3 is 24.4 Å². The van der Waals surface area contributed by atoms with Gasteiger partial charge in [-0.2, -0.15) is 0 Å². The van der Waals surface area contributed by atoms with Gasteiger partial charge >= 0.3 is 5.97 Å². The summed E-state index contributed by atoms with van der Waals surface area (Å²) in [7, 11) is 3.13. The number of carbonyl (C=O) groups excluding carboxylic acids is 1. The van der Waals surface area contributed by atoms with Crippen LogP contribution in [-0.2, 0) is 17.8 Å². The molecule has 0 unspecified atom stereocenters. The molecule has 0 aromatic heterocycles. The molecule has 3 aromatic carbocycles. The Kier molecular flexibility index (Phi) is 7.38. The smallest absolute Gasteiger partial charge is 0.335 e. The zero-order valence-electron chi connectivity index (χ0n) is 20.2. The summed E-state index contributed by atoms with van der Waals surface area (Å²) in [6.07, 6.45) is 3.44. The van der Waals surface area contributed by atoms with Gasteiger partial charge in [-0.25, -0.2) is 4.79 Å². The number of rotatable bonds is 9. The number of amides is 1. The predicted octanol–water partition coefficient (Wildman–Crippen LogP) is 4.24. The number of ether oxygens (including phenoxy) is 2. The molecule has 1 aliphatic heterocycles. The number of benzene rings is 3. The SMILES string of the molecule is COc1ccc(C[C@H]2C(=O)N(Cc3ccc(OC)cc3)C=CN2c2ccc(C(=O)O)cc2[N+](=O)[O-])cc1. The largest absolute Gasteiger partial charge is 0.497 e. The van der Waals surface area contributed by atoms with Crippen molar-refractivity contribution in [2.24, 2.45) is 0 Å². The Morgan fingerprint density at radius 1 is 0.946 bits per heavy atom. The molecule has 10 heteroatoms. The second-order valence-corrected chi connectivity index (χ2v) is 8.35. The molecule has 37 heavy (non-hydrogen) atoms. The summed E-state index contributed by atoms with van der Waals surface area (Å²) in [6, 6.07) is 17.4. The fourth-order valence-electron chi connectivity index (χ4n) is 4.14. The predicted molar refractivity (Wildman–Crippen MR) is 136 cm³/mol. The first-order valence-electron chi connectivity index (χ1n) is 11.4. The van der Waals surface area contributed by atoms with E-state index >= 15 is 0 Å². The van der Waals surface area contributed by atoms with Crippen LogP contribution in [-0.4, -0.2) is 47.1 Å². The van der Waals surface area contributed by atoms with Crippen LogP contribution in [0.3, 0.4) is 0 Å². The number of methoxy groups -OCH3 is 2. The van der Waals surface area contributed by atoms with Crippen molar-refractivity contribution in [3.63, 3.8) is 0 Å². The van der Waals surface area contributed by atoms with Crippen molar-refractivity contribution in [1.82, 2.24) is 4.90 Å². The minimum Gasteiger partial charge on any atom is -0.497 e. The van der Waals surface area contributed by atoms with Crippen molar-refractivity contribution in [2.45, 2.75) is 19.0 Å². The Bertz CT molecular complexity index is 1340. The summed E-state index contributed by atoms with van der Waals surface area (Å²) >= 11 is 0. The third-order valence-corrected chi connectivity index (χ3v) is 6.11. The van der Waals surface area contributed by atoms with Gasteiger partial charge in [0.2, 0.25) is 5.91 Å². The van der Waals surface area contributed by atoms with E-state index in [4.69, 9.17) is 9.47 Å². The van der Waals surface area contributed by atoms with Crippen molar-refractivity contribution in [1.29, 1.82) is 0 Å². The summed E-state index contributed by atoms with van der Waals surface area (Å²) in [5, 5.41) is 21.2. The topological polar surface area (TPSA) is 122 Å². The van der Waals surface area contributed by atoms with E-state index in [0.717, 1.165) is 17.2 Å². The first-order valence-corrected chi connectivity index (χ1v) is 11.4. The van der Waals surface area contributed by atoms with Crippen molar-refractivity contribution < 1.29 is 29.1 Å². The van der Waals surface area contributed by atoms with E-state index in [1.807, 2.05) is 36.4 Å². The molecule has 0 radical (unpaired) electrons. The fourth-order valence-corrected chi connectivity index (χ4v) is 4.14. The van der Waals surface area contributed by atoms with Crippen LogP contribution in [0.25, 0.3) is 0 Å². The summed E-state index contributed by atoms with van der Waals surface area (Å²) in [6.45, 7) is 0.298. The van der Waals surface area contributed by atoms with Gasteiger partial charge in [0.1, 0.15) is 23.2 Å².